The zero-order chi connectivity index (χ0) is 17.2. The van der Waals surface area contributed by atoms with Crippen molar-refractivity contribution in [2.24, 2.45) is 0 Å². The first kappa shape index (κ1) is 17.6. The summed E-state index contributed by atoms with van der Waals surface area (Å²) in [6.07, 6.45) is 0. The summed E-state index contributed by atoms with van der Waals surface area (Å²) in [6.45, 7) is 0. The number of hydrogen-bond donors (Lipinski definition) is 3. The Balaban J connectivity index is 1.63. The standard InChI is InChI=1S/C17H17N3O3S/c21-15(18-14-9-5-2-6-10-14)11-24-12-16(22)19-20-17(23)13-7-3-1-4-8-13/h1-10H,11-12H2,(H,18,21)(H,19,22)(H,20,23). The molecule has 3 amide bonds. The predicted octanol–water partition coefficient (Wildman–Crippen LogP) is 1.82. The fourth-order valence-electron chi connectivity index (χ4n) is 1.78. The minimum absolute atomic E-state index is 0.0667. The number of carbonyl (C=O) groups excluding carboxylic acids is 3. The normalized spacial score (nSPS) is 9.83. The van der Waals surface area contributed by atoms with E-state index in [9.17, 15) is 14.4 Å². The van der Waals surface area contributed by atoms with Crippen molar-refractivity contribution < 1.29 is 14.4 Å². The van der Waals surface area contributed by atoms with Crippen LogP contribution in [-0.2, 0) is 9.59 Å². The second-order valence-corrected chi connectivity index (χ2v) is 5.76. The van der Waals surface area contributed by atoms with E-state index in [0.29, 0.717) is 11.3 Å². The van der Waals surface area contributed by atoms with Gasteiger partial charge in [0.1, 0.15) is 0 Å². The number of anilines is 1. The molecule has 6 nitrogen and oxygen atoms in total. The van der Waals surface area contributed by atoms with Gasteiger partial charge in [0.2, 0.25) is 11.8 Å². The van der Waals surface area contributed by atoms with Gasteiger partial charge in [-0.1, -0.05) is 36.4 Å². The summed E-state index contributed by atoms with van der Waals surface area (Å²) in [4.78, 5) is 35.1. The van der Waals surface area contributed by atoms with Gasteiger partial charge in [0.05, 0.1) is 11.5 Å². The molecule has 0 radical (unpaired) electrons. The van der Waals surface area contributed by atoms with Crippen molar-refractivity contribution in [3.8, 4) is 0 Å². The van der Waals surface area contributed by atoms with Gasteiger partial charge in [0.25, 0.3) is 5.91 Å². The molecule has 2 aromatic rings. The van der Waals surface area contributed by atoms with Crippen LogP contribution in [0.4, 0.5) is 5.69 Å². The summed E-state index contributed by atoms with van der Waals surface area (Å²) in [6, 6.07) is 17.6. The minimum atomic E-state index is -0.393. The Labute approximate surface area is 144 Å². The largest absolute Gasteiger partial charge is 0.325 e. The zero-order valence-corrected chi connectivity index (χ0v) is 13.6. The number of rotatable bonds is 6. The highest BCUT2D eigenvalue weighted by Gasteiger charge is 2.08. The molecule has 2 rings (SSSR count). The van der Waals surface area contributed by atoms with Crippen molar-refractivity contribution in [3.05, 3.63) is 66.2 Å². The topological polar surface area (TPSA) is 87.3 Å². The van der Waals surface area contributed by atoms with Gasteiger partial charge in [0, 0.05) is 11.3 Å². The molecule has 0 fully saturated rings. The van der Waals surface area contributed by atoms with Gasteiger partial charge in [-0.3, -0.25) is 25.2 Å². The smallest absolute Gasteiger partial charge is 0.269 e. The van der Waals surface area contributed by atoms with Crippen molar-refractivity contribution in [1.82, 2.24) is 10.9 Å². The van der Waals surface area contributed by atoms with E-state index in [0.717, 1.165) is 11.8 Å². The third-order valence-corrected chi connectivity index (χ3v) is 3.81. The molecule has 7 heteroatoms. The summed E-state index contributed by atoms with van der Waals surface area (Å²) < 4.78 is 0. The van der Waals surface area contributed by atoms with E-state index < -0.39 is 5.91 Å². The number of carbonyl (C=O) groups is 3. The summed E-state index contributed by atoms with van der Waals surface area (Å²) in [5.41, 5.74) is 5.80. The Bertz CT molecular complexity index is 693. The summed E-state index contributed by atoms with van der Waals surface area (Å²) >= 11 is 1.16. The minimum Gasteiger partial charge on any atom is -0.325 e. The maximum absolute atomic E-state index is 11.7. The van der Waals surface area contributed by atoms with E-state index in [1.165, 1.54) is 0 Å². The molecule has 0 saturated heterocycles. The average Bonchev–Trinajstić information content (AvgIpc) is 2.61. The van der Waals surface area contributed by atoms with E-state index in [-0.39, 0.29) is 23.3 Å². The molecule has 0 aliphatic carbocycles. The van der Waals surface area contributed by atoms with Gasteiger partial charge in [-0.05, 0) is 24.3 Å². The van der Waals surface area contributed by atoms with Crippen LogP contribution in [0.25, 0.3) is 0 Å². The van der Waals surface area contributed by atoms with Gasteiger partial charge in [0.15, 0.2) is 0 Å². The molecule has 0 spiro atoms. The first-order valence-corrected chi connectivity index (χ1v) is 8.37. The number of benzene rings is 2. The van der Waals surface area contributed by atoms with Gasteiger partial charge >= 0.3 is 0 Å². The molecule has 0 heterocycles. The second-order valence-electron chi connectivity index (χ2n) is 4.78. The van der Waals surface area contributed by atoms with Crippen LogP contribution >= 0.6 is 11.8 Å². The average molecular weight is 343 g/mol. The number of amides is 3. The highest BCUT2D eigenvalue weighted by Crippen LogP contribution is 2.07. The van der Waals surface area contributed by atoms with Crippen LogP contribution in [0.2, 0.25) is 0 Å². The molecule has 0 aliphatic heterocycles. The van der Waals surface area contributed by atoms with E-state index in [1.54, 1.807) is 42.5 Å². The predicted molar refractivity (Wildman–Crippen MR) is 94.4 cm³/mol. The lowest BCUT2D eigenvalue weighted by atomic mass is 10.2. The Morgan fingerprint density at radius 1 is 0.750 bits per heavy atom. The van der Waals surface area contributed by atoms with Gasteiger partial charge in [-0.2, -0.15) is 0 Å². The van der Waals surface area contributed by atoms with Crippen LogP contribution in [-0.4, -0.2) is 29.2 Å². The van der Waals surface area contributed by atoms with Gasteiger partial charge in [-0.15, -0.1) is 11.8 Å². The zero-order valence-electron chi connectivity index (χ0n) is 12.8. The highest BCUT2D eigenvalue weighted by atomic mass is 32.2. The van der Waals surface area contributed by atoms with Gasteiger partial charge in [-0.25, -0.2) is 0 Å². The van der Waals surface area contributed by atoms with Crippen LogP contribution in [0.15, 0.2) is 60.7 Å². The number of thioether (sulfide) groups is 1. The molecule has 0 unspecified atom stereocenters. The molecular weight excluding hydrogens is 326 g/mol. The Kier molecular flexibility index (Phi) is 6.85. The number of para-hydroxylation sites is 1. The molecule has 0 bridgehead atoms. The first-order chi connectivity index (χ1) is 11.6. The lowest BCUT2D eigenvalue weighted by molar-refractivity contribution is -0.119. The number of nitrogens with one attached hydrogen (secondary N) is 3. The third-order valence-electron chi connectivity index (χ3n) is 2.88. The van der Waals surface area contributed by atoms with Crippen molar-refractivity contribution in [2.75, 3.05) is 16.8 Å². The third kappa shape index (κ3) is 6.13. The van der Waals surface area contributed by atoms with Crippen LogP contribution in [0.5, 0.6) is 0 Å². The number of hydrazine groups is 1. The lowest BCUT2D eigenvalue weighted by Crippen LogP contribution is -2.42. The highest BCUT2D eigenvalue weighted by molar-refractivity contribution is 8.00. The maximum atomic E-state index is 11.7. The first-order valence-electron chi connectivity index (χ1n) is 7.22. The Morgan fingerprint density at radius 3 is 2.00 bits per heavy atom. The Hall–Kier alpha value is -2.80. The van der Waals surface area contributed by atoms with Crippen LogP contribution in [0.1, 0.15) is 10.4 Å². The van der Waals surface area contributed by atoms with Crippen molar-refractivity contribution in [2.45, 2.75) is 0 Å². The van der Waals surface area contributed by atoms with Crippen LogP contribution < -0.4 is 16.2 Å². The molecule has 3 N–H and O–H groups in total. The molecule has 0 aliphatic rings. The molecular formula is C17H17N3O3S. The summed E-state index contributed by atoms with van der Waals surface area (Å²) in [5, 5.41) is 2.73. The molecule has 0 saturated carbocycles. The summed E-state index contributed by atoms with van der Waals surface area (Å²) in [5.74, 6) is -0.744. The SMILES string of the molecule is O=C(CSCC(=O)Nc1ccccc1)NNC(=O)c1ccccc1. The van der Waals surface area contributed by atoms with E-state index in [4.69, 9.17) is 0 Å². The fourth-order valence-corrected chi connectivity index (χ4v) is 2.40. The molecule has 124 valence electrons. The maximum Gasteiger partial charge on any atom is 0.269 e. The van der Waals surface area contributed by atoms with E-state index in [2.05, 4.69) is 16.2 Å². The molecule has 2 aromatic carbocycles. The quantitative estimate of drug-likeness (QED) is 0.698. The van der Waals surface area contributed by atoms with E-state index >= 15 is 0 Å². The molecule has 0 aromatic heterocycles. The van der Waals surface area contributed by atoms with Gasteiger partial charge < -0.3 is 5.32 Å². The Morgan fingerprint density at radius 2 is 1.33 bits per heavy atom. The monoisotopic (exact) mass is 343 g/mol. The van der Waals surface area contributed by atoms with Crippen LogP contribution in [0, 0.1) is 0 Å². The molecule has 24 heavy (non-hydrogen) atoms. The van der Waals surface area contributed by atoms with Crippen molar-refractivity contribution >= 4 is 35.2 Å². The van der Waals surface area contributed by atoms with Crippen molar-refractivity contribution in [1.29, 1.82) is 0 Å². The summed E-state index contributed by atoms with van der Waals surface area (Å²) in [7, 11) is 0. The number of hydrogen-bond acceptors (Lipinski definition) is 4. The van der Waals surface area contributed by atoms with Crippen molar-refractivity contribution in [3.63, 3.8) is 0 Å². The van der Waals surface area contributed by atoms with Crippen LogP contribution in [0.3, 0.4) is 0 Å². The fraction of sp³-hybridized carbons (Fsp3) is 0.118. The molecule has 0 atom stereocenters. The van der Waals surface area contributed by atoms with E-state index in [1.807, 2.05) is 18.2 Å². The second kappa shape index (κ2) is 9.36. The lowest BCUT2D eigenvalue weighted by Gasteiger charge is -2.07.